The van der Waals surface area contributed by atoms with Gasteiger partial charge in [0.15, 0.2) is 0 Å². The summed E-state index contributed by atoms with van der Waals surface area (Å²) in [7, 11) is 0. The fraction of sp³-hybridized carbons (Fsp3) is 0.600. The van der Waals surface area contributed by atoms with Gasteiger partial charge in [-0.25, -0.2) is 0 Å². The fourth-order valence-corrected chi connectivity index (χ4v) is 2.17. The van der Waals surface area contributed by atoms with E-state index in [-0.39, 0.29) is 0 Å². The predicted molar refractivity (Wildman–Crippen MR) is 75.4 cm³/mol. The Hall–Kier alpha value is -0.860. The van der Waals surface area contributed by atoms with Crippen LogP contribution in [0.1, 0.15) is 40.7 Å². The molecule has 0 radical (unpaired) electrons. The van der Waals surface area contributed by atoms with Gasteiger partial charge in [0, 0.05) is 6.54 Å². The molecule has 0 unspecified atom stereocenters. The molecule has 1 aromatic carbocycles. The molecule has 0 heterocycles. The quantitative estimate of drug-likeness (QED) is 0.743. The number of aryl methyl sites for hydroxylation is 2. The Bertz CT molecular complexity index is 343. The molecule has 1 rings (SSSR count). The minimum atomic E-state index is 0.795. The molecule has 3 N–H and O–H groups in total. The lowest BCUT2D eigenvalue weighted by atomic mass is 9.94. The van der Waals surface area contributed by atoms with Crippen molar-refractivity contribution in [3.05, 3.63) is 33.9 Å². The van der Waals surface area contributed by atoms with Crippen LogP contribution in [0, 0.1) is 27.7 Å². The molecule has 17 heavy (non-hydrogen) atoms. The van der Waals surface area contributed by atoms with E-state index >= 15 is 0 Å². The van der Waals surface area contributed by atoms with Gasteiger partial charge < -0.3 is 11.1 Å². The number of hydrogen-bond donors (Lipinski definition) is 2. The monoisotopic (exact) mass is 234 g/mol. The van der Waals surface area contributed by atoms with Crippen LogP contribution in [-0.4, -0.2) is 13.1 Å². The van der Waals surface area contributed by atoms with E-state index in [1.807, 2.05) is 0 Å². The van der Waals surface area contributed by atoms with E-state index in [2.05, 4.69) is 39.1 Å². The van der Waals surface area contributed by atoms with Gasteiger partial charge in [-0.15, -0.1) is 0 Å². The van der Waals surface area contributed by atoms with Crippen LogP contribution in [0.2, 0.25) is 0 Å². The van der Waals surface area contributed by atoms with Crippen molar-refractivity contribution >= 4 is 0 Å². The summed E-state index contributed by atoms with van der Waals surface area (Å²) in [5.74, 6) is 0. The van der Waals surface area contributed by atoms with Gasteiger partial charge in [0.25, 0.3) is 0 Å². The molecule has 0 fully saturated rings. The van der Waals surface area contributed by atoms with E-state index in [1.54, 1.807) is 0 Å². The van der Waals surface area contributed by atoms with Crippen LogP contribution >= 0.6 is 0 Å². The molecule has 0 saturated carbocycles. The van der Waals surface area contributed by atoms with E-state index in [9.17, 15) is 0 Å². The third-order valence-corrected chi connectivity index (χ3v) is 3.63. The van der Waals surface area contributed by atoms with Gasteiger partial charge in [-0.1, -0.05) is 6.07 Å². The van der Waals surface area contributed by atoms with Crippen LogP contribution in [-0.2, 0) is 6.54 Å². The normalized spacial score (nSPS) is 10.9. The lowest BCUT2D eigenvalue weighted by Crippen LogP contribution is -2.18. The maximum Gasteiger partial charge on any atom is 0.0210 e. The van der Waals surface area contributed by atoms with Crippen molar-refractivity contribution < 1.29 is 0 Å². The second-order valence-corrected chi connectivity index (χ2v) is 4.91. The smallest absolute Gasteiger partial charge is 0.0210 e. The molecule has 0 aliphatic carbocycles. The lowest BCUT2D eigenvalue weighted by molar-refractivity contribution is 0.624. The summed E-state index contributed by atoms with van der Waals surface area (Å²) in [6.07, 6.45) is 2.28. The zero-order valence-corrected chi connectivity index (χ0v) is 11.7. The summed E-state index contributed by atoms with van der Waals surface area (Å²) in [5, 5.41) is 3.52. The Balaban J connectivity index is 2.64. The fourth-order valence-electron chi connectivity index (χ4n) is 2.17. The molecular weight excluding hydrogens is 208 g/mol. The van der Waals surface area contributed by atoms with Crippen molar-refractivity contribution in [2.24, 2.45) is 5.73 Å². The van der Waals surface area contributed by atoms with Crippen LogP contribution in [0.5, 0.6) is 0 Å². The Morgan fingerprint density at radius 2 is 1.59 bits per heavy atom. The highest BCUT2D eigenvalue weighted by Gasteiger charge is 2.07. The average Bonchev–Trinajstić information content (AvgIpc) is 2.30. The first-order valence-electron chi connectivity index (χ1n) is 6.55. The van der Waals surface area contributed by atoms with Gasteiger partial charge in [-0.05, 0) is 81.4 Å². The molecule has 0 aliphatic heterocycles. The van der Waals surface area contributed by atoms with Crippen LogP contribution in [0.3, 0.4) is 0 Å². The number of unbranched alkanes of at least 4 members (excludes halogenated alkanes) is 1. The summed E-state index contributed by atoms with van der Waals surface area (Å²) < 4.78 is 0. The van der Waals surface area contributed by atoms with Gasteiger partial charge in [0.05, 0.1) is 0 Å². The first-order chi connectivity index (χ1) is 8.07. The third kappa shape index (κ3) is 3.83. The molecule has 0 aromatic heterocycles. The van der Waals surface area contributed by atoms with Crippen molar-refractivity contribution in [2.45, 2.75) is 47.1 Å². The molecule has 0 saturated heterocycles. The summed E-state index contributed by atoms with van der Waals surface area (Å²) in [5.41, 5.74) is 12.6. The standard InChI is InChI=1S/C15H26N2/c1-11-9-12(2)14(4)15(13(11)3)10-17-8-6-5-7-16/h9,17H,5-8,10,16H2,1-4H3. The Morgan fingerprint density at radius 1 is 1.00 bits per heavy atom. The molecule has 1 aromatic rings. The predicted octanol–water partition coefficient (Wildman–Crippen LogP) is 2.75. The number of nitrogens with one attached hydrogen (secondary N) is 1. The number of benzene rings is 1. The molecule has 0 amide bonds. The molecule has 0 aliphatic rings. The molecule has 96 valence electrons. The summed E-state index contributed by atoms with van der Waals surface area (Å²) in [6, 6.07) is 2.28. The summed E-state index contributed by atoms with van der Waals surface area (Å²) >= 11 is 0. The maximum absolute atomic E-state index is 5.48. The van der Waals surface area contributed by atoms with Gasteiger partial charge in [-0.3, -0.25) is 0 Å². The van der Waals surface area contributed by atoms with Crippen molar-refractivity contribution in [3.8, 4) is 0 Å². The zero-order valence-electron chi connectivity index (χ0n) is 11.7. The first-order valence-corrected chi connectivity index (χ1v) is 6.55. The largest absolute Gasteiger partial charge is 0.330 e. The van der Waals surface area contributed by atoms with Gasteiger partial charge >= 0.3 is 0 Å². The van der Waals surface area contributed by atoms with E-state index in [0.29, 0.717) is 0 Å². The summed E-state index contributed by atoms with van der Waals surface area (Å²) in [4.78, 5) is 0. The van der Waals surface area contributed by atoms with Gasteiger partial charge in [0.1, 0.15) is 0 Å². The van der Waals surface area contributed by atoms with E-state index in [1.165, 1.54) is 34.2 Å². The van der Waals surface area contributed by atoms with Crippen LogP contribution in [0.25, 0.3) is 0 Å². The zero-order chi connectivity index (χ0) is 12.8. The Morgan fingerprint density at radius 3 is 2.12 bits per heavy atom. The minimum Gasteiger partial charge on any atom is -0.330 e. The molecule has 2 nitrogen and oxygen atoms in total. The van der Waals surface area contributed by atoms with Crippen molar-refractivity contribution in [1.82, 2.24) is 5.32 Å². The van der Waals surface area contributed by atoms with Gasteiger partial charge in [-0.2, -0.15) is 0 Å². The second-order valence-electron chi connectivity index (χ2n) is 4.91. The van der Waals surface area contributed by atoms with E-state index < -0.39 is 0 Å². The highest BCUT2D eigenvalue weighted by atomic mass is 14.8. The molecular formula is C15H26N2. The molecule has 2 heteroatoms. The number of nitrogens with two attached hydrogens (primary N) is 1. The van der Waals surface area contributed by atoms with E-state index in [4.69, 9.17) is 5.73 Å². The number of hydrogen-bond acceptors (Lipinski definition) is 2. The maximum atomic E-state index is 5.48. The van der Waals surface area contributed by atoms with Crippen molar-refractivity contribution in [2.75, 3.05) is 13.1 Å². The van der Waals surface area contributed by atoms with Crippen LogP contribution in [0.4, 0.5) is 0 Å². The second kappa shape index (κ2) is 6.77. The Kier molecular flexibility index (Phi) is 5.66. The first kappa shape index (κ1) is 14.2. The minimum absolute atomic E-state index is 0.795. The lowest BCUT2D eigenvalue weighted by Gasteiger charge is -2.15. The molecule has 0 atom stereocenters. The summed E-state index contributed by atoms with van der Waals surface area (Å²) in [6.45, 7) is 11.7. The van der Waals surface area contributed by atoms with Gasteiger partial charge in [0.2, 0.25) is 0 Å². The topological polar surface area (TPSA) is 38.0 Å². The highest BCUT2D eigenvalue weighted by Crippen LogP contribution is 2.21. The van der Waals surface area contributed by atoms with Crippen molar-refractivity contribution in [1.29, 1.82) is 0 Å². The average molecular weight is 234 g/mol. The third-order valence-electron chi connectivity index (χ3n) is 3.63. The molecule has 0 bridgehead atoms. The van der Waals surface area contributed by atoms with Crippen LogP contribution in [0.15, 0.2) is 6.07 Å². The Labute approximate surface area is 106 Å². The highest BCUT2D eigenvalue weighted by molar-refractivity contribution is 5.43. The van der Waals surface area contributed by atoms with Crippen molar-refractivity contribution in [3.63, 3.8) is 0 Å². The molecule has 0 spiro atoms. The van der Waals surface area contributed by atoms with E-state index in [0.717, 1.165) is 26.1 Å². The SMILES string of the molecule is Cc1cc(C)c(C)c(CNCCCCN)c1C. The number of rotatable bonds is 6. The van der Waals surface area contributed by atoms with Crippen LogP contribution < -0.4 is 11.1 Å².